The van der Waals surface area contributed by atoms with Crippen molar-refractivity contribution >= 4 is 34.8 Å². The molecule has 0 aliphatic rings. The van der Waals surface area contributed by atoms with Crippen LogP contribution in [0.15, 0.2) is 53.3 Å². The molecule has 0 aliphatic carbocycles. The average Bonchev–Trinajstić information content (AvgIpc) is 2.64. The van der Waals surface area contributed by atoms with Gasteiger partial charge < -0.3 is 10.1 Å². The lowest BCUT2D eigenvalue weighted by atomic mass is 10.2. The Balaban J connectivity index is 2.02. The van der Waals surface area contributed by atoms with E-state index in [1.807, 2.05) is 19.1 Å². The minimum atomic E-state index is -0.572. The van der Waals surface area contributed by atoms with Crippen molar-refractivity contribution < 1.29 is 9.53 Å². The maximum Gasteiger partial charge on any atom is 0.280 e. The van der Waals surface area contributed by atoms with Crippen molar-refractivity contribution in [3.8, 4) is 11.4 Å². The highest BCUT2D eigenvalue weighted by atomic mass is 35.5. The van der Waals surface area contributed by atoms with Gasteiger partial charge in [-0.3, -0.25) is 9.59 Å². The number of halogens is 2. The van der Waals surface area contributed by atoms with Crippen LogP contribution in [-0.4, -0.2) is 22.8 Å². The summed E-state index contributed by atoms with van der Waals surface area (Å²) in [6.07, 6.45) is 0. The topological polar surface area (TPSA) is 73.2 Å². The Morgan fingerprint density at radius 2 is 1.81 bits per heavy atom. The maximum atomic E-state index is 12.7. The van der Waals surface area contributed by atoms with E-state index in [0.717, 1.165) is 10.2 Å². The second-order valence-corrected chi connectivity index (χ2v) is 6.57. The molecule has 0 atom stereocenters. The molecule has 0 saturated carbocycles. The number of ether oxygens (including phenoxy) is 1. The van der Waals surface area contributed by atoms with Crippen molar-refractivity contribution in [2.75, 3.05) is 12.4 Å². The van der Waals surface area contributed by atoms with E-state index in [1.54, 1.807) is 24.3 Å². The molecule has 2 aromatic carbocycles. The largest absolute Gasteiger partial charge is 0.494 e. The summed E-state index contributed by atoms with van der Waals surface area (Å²) in [7, 11) is 1.36. The molecule has 1 heterocycles. The molecule has 1 N–H and O–H groups in total. The molecule has 0 saturated heterocycles. The molecule has 0 fully saturated rings. The van der Waals surface area contributed by atoms with Crippen molar-refractivity contribution in [2.45, 2.75) is 6.92 Å². The smallest absolute Gasteiger partial charge is 0.280 e. The minimum absolute atomic E-state index is 0.0521. The zero-order valence-corrected chi connectivity index (χ0v) is 16.0. The monoisotopic (exact) mass is 403 g/mol. The first-order valence-electron chi connectivity index (χ1n) is 7.91. The number of nitrogens with one attached hydrogen (secondary N) is 1. The summed E-state index contributed by atoms with van der Waals surface area (Å²) in [6, 6.07) is 13.1. The van der Waals surface area contributed by atoms with Crippen LogP contribution in [0.25, 0.3) is 5.69 Å². The molecule has 0 aliphatic heterocycles. The number of aryl methyl sites for hydroxylation is 1. The molecular weight excluding hydrogens is 389 g/mol. The van der Waals surface area contributed by atoms with Gasteiger partial charge in [0.15, 0.2) is 11.4 Å². The van der Waals surface area contributed by atoms with Crippen LogP contribution < -0.4 is 15.6 Å². The van der Waals surface area contributed by atoms with Gasteiger partial charge in [0.25, 0.3) is 11.5 Å². The number of aromatic nitrogens is 2. The van der Waals surface area contributed by atoms with Gasteiger partial charge in [0, 0.05) is 5.02 Å². The Bertz CT molecular complexity index is 1060. The summed E-state index contributed by atoms with van der Waals surface area (Å²) in [4.78, 5) is 25.1. The third kappa shape index (κ3) is 4.13. The molecule has 0 bridgehead atoms. The predicted molar refractivity (Wildman–Crippen MR) is 106 cm³/mol. The molecular formula is C19H15Cl2N3O3. The van der Waals surface area contributed by atoms with Crippen LogP contribution >= 0.6 is 23.2 Å². The number of methoxy groups -OCH3 is 1. The molecule has 1 aromatic heterocycles. The number of anilines is 1. The summed E-state index contributed by atoms with van der Waals surface area (Å²) >= 11 is 12.0. The van der Waals surface area contributed by atoms with Crippen molar-refractivity contribution in [1.82, 2.24) is 9.78 Å². The van der Waals surface area contributed by atoms with Gasteiger partial charge in [-0.1, -0.05) is 40.9 Å². The Kier molecular flexibility index (Phi) is 5.48. The lowest BCUT2D eigenvalue weighted by molar-refractivity contribution is 0.101. The van der Waals surface area contributed by atoms with E-state index >= 15 is 0 Å². The first-order chi connectivity index (χ1) is 12.9. The van der Waals surface area contributed by atoms with Crippen LogP contribution in [0, 0.1) is 6.92 Å². The number of carbonyl (C=O) groups excluding carboxylic acids is 1. The summed E-state index contributed by atoms with van der Waals surface area (Å²) in [5.41, 5.74) is 1.46. The fourth-order valence-electron chi connectivity index (χ4n) is 2.40. The van der Waals surface area contributed by atoms with E-state index in [9.17, 15) is 9.59 Å². The van der Waals surface area contributed by atoms with E-state index in [-0.39, 0.29) is 16.5 Å². The average molecular weight is 404 g/mol. The third-order valence-electron chi connectivity index (χ3n) is 3.79. The SMILES string of the molecule is COc1cc(=O)n(-c2ccc(C)cc2)nc1C(=O)Nc1ccc(Cl)cc1Cl. The van der Waals surface area contributed by atoms with E-state index in [4.69, 9.17) is 27.9 Å². The number of hydrogen-bond donors (Lipinski definition) is 1. The van der Waals surface area contributed by atoms with Gasteiger partial charge in [0.2, 0.25) is 0 Å². The van der Waals surface area contributed by atoms with Crippen LogP contribution in [0.5, 0.6) is 5.75 Å². The third-order valence-corrected chi connectivity index (χ3v) is 4.34. The molecule has 1 amide bonds. The molecule has 0 unspecified atom stereocenters. The summed E-state index contributed by atoms with van der Waals surface area (Å²) in [6.45, 7) is 1.93. The van der Waals surface area contributed by atoms with Gasteiger partial charge in [-0.2, -0.15) is 9.78 Å². The summed E-state index contributed by atoms with van der Waals surface area (Å²) < 4.78 is 6.29. The molecule has 6 nitrogen and oxygen atoms in total. The van der Waals surface area contributed by atoms with Gasteiger partial charge in [-0.15, -0.1) is 0 Å². The summed E-state index contributed by atoms with van der Waals surface area (Å²) in [5, 5.41) is 7.56. The van der Waals surface area contributed by atoms with Gasteiger partial charge in [0.05, 0.1) is 29.6 Å². The van der Waals surface area contributed by atoms with Gasteiger partial charge >= 0.3 is 0 Å². The quantitative estimate of drug-likeness (QED) is 0.711. The van der Waals surface area contributed by atoms with Crippen molar-refractivity contribution in [2.24, 2.45) is 0 Å². The van der Waals surface area contributed by atoms with Crippen molar-refractivity contribution in [3.63, 3.8) is 0 Å². The summed E-state index contributed by atoms with van der Waals surface area (Å²) in [5.74, 6) is -0.511. The Hall–Kier alpha value is -2.83. The highest BCUT2D eigenvalue weighted by Gasteiger charge is 2.19. The Morgan fingerprint density at radius 3 is 2.44 bits per heavy atom. The zero-order valence-electron chi connectivity index (χ0n) is 14.5. The van der Waals surface area contributed by atoms with Crippen LogP contribution in [0.4, 0.5) is 5.69 Å². The van der Waals surface area contributed by atoms with E-state index in [2.05, 4.69) is 10.4 Å². The van der Waals surface area contributed by atoms with Crippen LogP contribution in [0.1, 0.15) is 16.1 Å². The maximum absolute atomic E-state index is 12.7. The van der Waals surface area contributed by atoms with Crippen molar-refractivity contribution in [1.29, 1.82) is 0 Å². The van der Waals surface area contributed by atoms with E-state index < -0.39 is 11.5 Å². The minimum Gasteiger partial charge on any atom is -0.494 e. The first kappa shape index (κ1) is 18.9. The second-order valence-electron chi connectivity index (χ2n) is 5.73. The lowest BCUT2D eigenvalue weighted by Crippen LogP contribution is -2.26. The molecule has 3 aromatic rings. The lowest BCUT2D eigenvalue weighted by Gasteiger charge is -2.12. The van der Waals surface area contributed by atoms with E-state index in [1.165, 1.54) is 19.2 Å². The number of carbonyl (C=O) groups is 1. The number of rotatable bonds is 4. The fraction of sp³-hybridized carbons (Fsp3) is 0.105. The number of nitrogens with zero attached hydrogens (tertiary/aromatic N) is 2. The predicted octanol–water partition coefficient (Wildman–Crippen LogP) is 4.11. The molecule has 8 heteroatoms. The highest BCUT2D eigenvalue weighted by molar-refractivity contribution is 6.36. The fourth-order valence-corrected chi connectivity index (χ4v) is 2.85. The molecule has 138 valence electrons. The van der Waals surface area contributed by atoms with Crippen LogP contribution in [0.3, 0.4) is 0 Å². The van der Waals surface area contributed by atoms with Crippen molar-refractivity contribution in [3.05, 3.63) is 80.2 Å². The van der Waals surface area contributed by atoms with E-state index in [0.29, 0.717) is 16.4 Å². The van der Waals surface area contributed by atoms with Gasteiger partial charge in [-0.25, -0.2) is 0 Å². The molecule has 0 radical (unpaired) electrons. The van der Waals surface area contributed by atoms with Gasteiger partial charge in [0.1, 0.15) is 0 Å². The van der Waals surface area contributed by atoms with Crippen LogP contribution in [-0.2, 0) is 0 Å². The second kappa shape index (κ2) is 7.82. The normalized spacial score (nSPS) is 10.5. The first-order valence-corrected chi connectivity index (χ1v) is 8.66. The molecule has 3 rings (SSSR count). The zero-order chi connectivity index (χ0) is 19.6. The number of amides is 1. The number of hydrogen-bond acceptors (Lipinski definition) is 4. The Labute approximate surface area is 165 Å². The van der Waals surface area contributed by atoms with Gasteiger partial charge in [-0.05, 0) is 37.3 Å². The Morgan fingerprint density at radius 1 is 1.11 bits per heavy atom. The van der Waals surface area contributed by atoms with Crippen LogP contribution in [0.2, 0.25) is 10.0 Å². The molecule has 27 heavy (non-hydrogen) atoms. The molecule has 0 spiro atoms. The number of benzene rings is 2. The standard InChI is InChI=1S/C19H15Cl2N3O3/c1-11-3-6-13(7-4-11)24-17(25)10-16(27-2)18(23-24)19(26)22-15-8-5-12(20)9-14(15)21/h3-10H,1-2H3,(H,22,26). The highest BCUT2D eigenvalue weighted by Crippen LogP contribution is 2.26.